The number of allylic oxidation sites excluding steroid dienone is 1. The molecule has 104 valence electrons. The van der Waals surface area contributed by atoms with Gasteiger partial charge in [0.05, 0.1) is 22.2 Å². The number of halogens is 1. The van der Waals surface area contributed by atoms with Gasteiger partial charge in [-0.25, -0.2) is 0 Å². The minimum Gasteiger partial charge on any atom is -0.354 e. The topological polar surface area (TPSA) is 62.2 Å². The van der Waals surface area contributed by atoms with Gasteiger partial charge in [0, 0.05) is 18.9 Å². The summed E-state index contributed by atoms with van der Waals surface area (Å²) < 4.78 is 0.902. The first-order chi connectivity index (χ1) is 9.76. The van der Waals surface area contributed by atoms with E-state index in [-0.39, 0.29) is 0 Å². The van der Waals surface area contributed by atoms with Gasteiger partial charge in [0.1, 0.15) is 5.52 Å². The van der Waals surface area contributed by atoms with E-state index in [0.717, 1.165) is 40.2 Å². The molecule has 5 nitrogen and oxygen atoms in total. The number of fused-ring (bicyclic) bond motifs is 1. The summed E-state index contributed by atoms with van der Waals surface area (Å²) in [6.45, 7) is 6.95. The normalized spacial score (nSPS) is 13.0. The van der Waals surface area contributed by atoms with Crippen LogP contribution in [-0.4, -0.2) is 29.0 Å². The number of nitrogens with zero attached hydrogens (tertiary/aromatic N) is 3. The molecule has 0 spiro atoms. The summed E-state index contributed by atoms with van der Waals surface area (Å²) in [7, 11) is 0. The van der Waals surface area contributed by atoms with Crippen LogP contribution in [-0.2, 0) is 0 Å². The van der Waals surface area contributed by atoms with Crippen molar-refractivity contribution in [1.82, 2.24) is 15.3 Å². The van der Waals surface area contributed by atoms with Crippen molar-refractivity contribution in [1.29, 1.82) is 0 Å². The zero-order chi connectivity index (χ0) is 14.4. The summed E-state index contributed by atoms with van der Waals surface area (Å²) >= 11 is 3.54. The Bertz CT molecular complexity index is 638. The van der Waals surface area contributed by atoms with Crippen LogP contribution in [0.4, 0.5) is 5.69 Å². The van der Waals surface area contributed by atoms with E-state index in [2.05, 4.69) is 48.1 Å². The summed E-state index contributed by atoms with van der Waals surface area (Å²) in [6.07, 6.45) is 5.12. The Hall–Kier alpha value is -1.95. The number of guanidine groups is 1. The van der Waals surface area contributed by atoms with E-state index in [1.807, 2.05) is 19.1 Å². The van der Waals surface area contributed by atoms with Crippen molar-refractivity contribution >= 4 is 38.6 Å². The van der Waals surface area contributed by atoms with E-state index in [1.165, 1.54) is 0 Å². The third-order valence-corrected chi connectivity index (χ3v) is 3.31. The molecule has 0 fully saturated rings. The van der Waals surface area contributed by atoms with Crippen LogP contribution in [0.3, 0.4) is 0 Å². The van der Waals surface area contributed by atoms with E-state index in [0.29, 0.717) is 0 Å². The van der Waals surface area contributed by atoms with Crippen LogP contribution < -0.4 is 10.6 Å². The van der Waals surface area contributed by atoms with Crippen molar-refractivity contribution in [3.05, 3.63) is 41.7 Å². The monoisotopic (exact) mass is 333 g/mol. The predicted octanol–water partition coefficient (Wildman–Crippen LogP) is 2.96. The maximum Gasteiger partial charge on any atom is 0.195 e. The molecule has 0 unspecified atom stereocenters. The van der Waals surface area contributed by atoms with Gasteiger partial charge >= 0.3 is 0 Å². The van der Waals surface area contributed by atoms with Gasteiger partial charge < -0.3 is 10.6 Å². The number of hydrogen-bond acceptors (Lipinski definition) is 5. The van der Waals surface area contributed by atoms with Crippen LogP contribution in [0.25, 0.3) is 11.0 Å². The second kappa shape index (κ2) is 7.00. The highest BCUT2D eigenvalue weighted by Gasteiger charge is 2.10. The van der Waals surface area contributed by atoms with Gasteiger partial charge in [0.2, 0.25) is 0 Å². The minimum atomic E-state index is 0.800. The lowest BCUT2D eigenvalue weighted by Crippen LogP contribution is -2.26. The Balaban J connectivity index is 0.000000452. The number of rotatable bonds is 1. The molecular formula is C14H16BrN5. The third-order valence-electron chi connectivity index (χ3n) is 2.51. The van der Waals surface area contributed by atoms with E-state index in [9.17, 15) is 0 Å². The molecule has 0 aliphatic carbocycles. The second-order valence-electron chi connectivity index (χ2n) is 4.04. The molecule has 6 heteroatoms. The summed E-state index contributed by atoms with van der Waals surface area (Å²) in [5.41, 5.74) is 2.65. The first-order valence-electron chi connectivity index (χ1n) is 6.28. The fraction of sp³-hybridized carbons (Fsp3) is 0.214. The largest absolute Gasteiger partial charge is 0.354 e. The molecule has 2 heterocycles. The Labute approximate surface area is 126 Å². The van der Waals surface area contributed by atoms with Gasteiger partial charge in [-0.15, -0.1) is 6.58 Å². The van der Waals surface area contributed by atoms with Crippen LogP contribution >= 0.6 is 15.9 Å². The lowest BCUT2D eigenvalue weighted by molar-refractivity contribution is 0.959. The SMILES string of the molecule is Brc1c(NC2=NCCN2)ccc2nccnc12.C=CC. The van der Waals surface area contributed by atoms with Crippen LogP contribution in [0.2, 0.25) is 0 Å². The highest BCUT2D eigenvalue weighted by Crippen LogP contribution is 2.28. The van der Waals surface area contributed by atoms with E-state index in [4.69, 9.17) is 0 Å². The van der Waals surface area contributed by atoms with Crippen LogP contribution in [0.5, 0.6) is 0 Å². The molecule has 0 saturated heterocycles. The standard InChI is InChI=1S/C11H10BrN5.C3H6/c12-9-7(17-11-15-5-6-16-11)1-2-8-10(9)14-4-3-13-8;1-3-2/h1-4H,5-6H2,(H2,15,16,17);3H,1H2,2H3. The van der Waals surface area contributed by atoms with Gasteiger partial charge in [-0.05, 0) is 35.0 Å². The quantitative estimate of drug-likeness (QED) is 0.787. The van der Waals surface area contributed by atoms with Crippen molar-refractivity contribution in [2.24, 2.45) is 4.99 Å². The van der Waals surface area contributed by atoms with Gasteiger partial charge in [-0.2, -0.15) is 0 Å². The molecule has 0 saturated carbocycles. The number of anilines is 1. The highest BCUT2D eigenvalue weighted by atomic mass is 79.9. The number of benzene rings is 1. The minimum absolute atomic E-state index is 0.800. The van der Waals surface area contributed by atoms with Gasteiger partial charge in [-0.1, -0.05) is 6.08 Å². The van der Waals surface area contributed by atoms with E-state index < -0.39 is 0 Å². The van der Waals surface area contributed by atoms with Crippen molar-refractivity contribution in [3.8, 4) is 0 Å². The predicted molar refractivity (Wildman–Crippen MR) is 87.0 cm³/mol. The zero-order valence-corrected chi connectivity index (χ0v) is 12.8. The lowest BCUT2D eigenvalue weighted by atomic mass is 10.2. The average Bonchev–Trinajstić information content (AvgIpc) is 2.96. The molecule has 0 radical (unpaired) electrons. The number of aromatic nitrogens is 2. The van der Waals surface area contributed by atoms with E-state index >= 15 is 0 Å². The fourth-order valence-corrected chi connectivity index (χ4v) is 2.25. The number of hydrogen-bond donors (Lipinski definition) is 2. The molecule has 1 aliphatic heterocycles. The van der Waals surface area contributed by atoms with Crippen LogP contribution in [0, 0.1) is 0 Å². The van der Waals surface area contributed by atoms with Crippen molar-refractivity contribution < 1.29 is 0 Å². The van der Waals surface area contributed by atoms with Crippen LogP contribution in [0.15, 0.2) is 46.6 Å². The lowest BCUT2D eigenvalue weighted by Gasteiger charge is -2.09. The van der Waals surface area contributed by atoms with Crippen molar-refractivity contribution in [2.75, 3.05) is 18.4 Å². The van der Waals surface area contributed by atoms with Crippen molar-refractivity contribution in [3.63, 3.8) is 0 Å². The molecule has 1 aliphatic rings. The molecule has 0 atom stereocenters. The molecule has 2 N–H and O–H groups in total. The molecular weight excluding hydrogens is 318 g/mol. The maximum atomic E-state index is 4.31. The summed E-state index contributed by atoms with van der Waals surface area (Å²) in [6, 6.07) is 3.90. The van der Waals surface area contributed by atoms with Crippen molar-refractivity contribution in [2.45, 2.75) is 6.92 Å². The van der Waals surface area contributed by atoms with Gasteiger partial charge in [-0.3, -0.25) is 15.0 Å². The molecule has 2 aromatic rings. The summed E-state index contributed by atoms with van der Waals surface area (Å²) in [4.78, 5) is 12.8. The molecule has 0 bridgehead atoms. The average molecular weight is 334 g/mol. The Kier molecular flexibility index (Phi) is 5.06. The zero-order valence-electron chi connectivity index (χ0n) is 11.2. The van der Waals surface area contributed by atoms with Gasteiger partial charge in [0.15, 0.2) is 5.96 Å². The second-order valence-corrected chi connectivity index (χ2v) is 4.83. The Morgan fingerprint density at radius 2 is 2.10 bits per heavy atom. The van der Waals surface area contributed by atoms with Gasteiger partial charge in [0.25, 0.3) is 0 Å². The molecule has 20 heavy (non-hydrogen) atoms. The Morgan fingerprint density at radius 1 is 1.35 bits per heavy atom. The number of aliphatic imine (C=N–C) groups is 1. The van der Waals surface area contributed by atoms with Crippen LogP contribution in [0.1, 0.15) is 6.92 Å². The Morgan fingerprint density at radius 3 is 2.80 bits per heavy atom. The van der Waals surface area contributed by atoms with E-state index in [1.54, 1.807) is 18.5 Å². The first kappa shape index (κ1) is 14.5. The molecule has 1 aromatic carbocycles. The molecule has 1 aromatic heterocycles. The maximum absolute atomic E-state index is 4.31. The molecule has 3 rings (SSSR count). The molecule has 0 amide bonds. The fourth-order valence-electron chi connectivity index (χ4n) is 1.71. The summed E-state index contributed by atoms with van der Waals surface area (Å²) in [5, 5.41) is 6.39. The number of nitrogens with one attached hydrogen (secondary N) is 2. The smallest absolute Gasteiger partial charge is 0.195 e. The third kappa shape index (κ3) is 3.33. The highest BCUT2D eigenvalue weighted by molar-refractivity contribution is 9.10. The first-order valence-corrected chi connectivity index (χ1v) is 7.07. The summed E-state index contributed by atoms with van der Waals surface area (Å²) in [5.74, 6) is 0.800.